The molecule has 0 aliphatic rings. The predicted octanol–water partition coefficient (Wildman–Crippen LogP) is 3.94. The van der Waals surface area contributed by atoms with Crippen LogP contribution in [0.15, 0.2) is 24.3 Å². The summed E-state index contributed by atoms with van der Waals surface area (Å²) in [5.41, 5.74) is 2.06. The van der Waals surface area contributed by atoms with Gasteiger partial charge in [-0.1, -0.05) is 25.5 Å². The van der Waals surface area contributed by atoms with Gasteiger partial charge in [-0.25, -0.2) is 0 Å². The molecule has 0 aliphatic heterocycles. The van der Waals surface area contributed by atoms with Crippen LogP contribution in [0.5, 0.6) is 0 Å². The van der Waals surface area contributed by atoms with Crippen LogP contribution in [0.2, 0.25) is 0 Å². The first-order valence-electron chi connectivity index (χ1n) is 6.86. The molecule has 18 heavy (non-hydrogen) atoms. The van der Waals surface area contributed by atoms with Gasteiger partial charge in [0.1, 0.15) is 0 Å². The Morgan fingerprint density at radius 2 is 1.94 bits per heavy atom. The van der Waals surface area contributed by atoms with E-state index in [0.29, 0.717) is 5.92 Å². The lowest BCUT2D eigenvalue weighted by atomic mass is 9.98. The number of nitrogens with zero attached hydrogens (tertiary/aromatic N) is 1. The fraction of sp³-hybridized carbons (Fsp3) is 0.562. The van der Waals surface area contributed by atoms with Gasteiger partial charge in [-0.15, -0.1) is 0 Å². The van der Waals surface area contributed by atoms with E-state index >= 15 is 0 Å². The maximum Gasteiger partial charge on any atom is 0.0991 e. The van der Waals surface area contributed by atoms with Crippen LogP contribution >= 0.6 is 0 Å². The van der Waals surface area contributed by atoms with Crippen molar-refractivity contribution in [3.63, 3.8) is 0 Å². The molecular formula is C16H23NO. The van der Waals surface area contributed by atoms with Crippen molar-refractivity contribution in [1.29, 1.82) is 5.26 Å². The fourth-order valence-electron chi connectivity index (χ4n) is 2.03. The first-order chi connectivity index (χ1) is 8.80. The van der Waals surface area contributed by atoms with Crippen LogP contribution in [-0.2, 0) is 11.2 Å². The molecule has 0 N–H and O–H groups in total. The number of hydrogen-bond donors (Lipinski definition) is 0. The van der Waals surface area contributed by atoms with Crippen LogP contribution in [0, 0.1) is 17.2 Å². The monoisotopic (exact) mass is 245 g/mol. The molecule has 0 bridgehead atoms. The van der Waals surface area contributed by atoms with E-state index in [4.69, 9.17) is 10.00 Å². The number of hydrogen-bond acceptors (Lipinski definition) is 2. The van der Waals surface area contributed by atoms with Gasteiger partial charge in [0.2, 0.25) is 0 Å². The Hall–Kier alpha value is -1.33. The first kappa shape index (κ1) is 14.7. The van der Waals surface area contributed by atoms with E-state index < -0.39 is 0 Å². The largest absolute Gasteiger partial charge is 0.381 e. The van der Waals surface area contributed by atoms with Crippen molar-refractivity contribution in [2.45, 2.75) is 39.5 Å². The van der Waals surface area contributed by atoms with Gasteiger partial charge in [0, 0.05) is 13.2 Å². The number of benzene rings is 1. The maximum absolute atomic E-state index is 8.73. The van der Waals surface area contributed by atoms with Gasteiger partial charge in [0.15, 0.2) is 0 Å². The minimum absolute atomic E-state index is 0.684. The van der Waals surface area contributed by atoms with Crippen molar-refractivity contribution in [3.05, 3.63) is 35.4 Å². The van der Waals surface area contributed by atoms with Gasteiger partial charge >= 0.3 is 0 Å². The van der Waals surface area contributed by atoms with Gasteiger partial charge < -0.3 is 4.74 Å². The third-order valence-electron chi connectivity index (χ3n) is 3.30. The zero-order valence-electron chi connectivity index (χ0n) is 11.5. The highest BCUT2D eigenvalue weighted by molar-refractivity contribution is 5.31. The van der Waals surface area contributed by atoms with Crippen LogP contribution in [0.3, 0.4) is 0 Å². The van der Waals surface area contributed by atoms with Crippen molar-refractivity contribution in [2.75, 3.05) is 13.2 Å². The lowest BCUT2D eigenvalue weighted by molar-refractivity contribution is 0.104. The Bertz CT molecular complexity index is 364. The molecule has 1 unspecified atom stereocenters. The predicted molar refractivity (Wildman–Crippen MR) is 74.4 cm³/mol. The Labute approximate surface area is 111 Å². The second-order valence-electron chi connectivity index (χ2n) is 4.63. The van der Waals surface area contributed by atoms with Crippen LogP contribution in [0.4, 0.5) is 0 Å². The smallest absolute Gasteiger partial charge is 0.0991 e. The third-order valence-corrected chi connectivity index (χ3v) is 3.30. The van der Waals surface area contributed by atoms with E-state index in [0.717, 1.165) is 25.2 Å². The third kappa shape index (κ3) is 5.33. The summed E-state index contributed by atoms with van der Waals surface area (Å²) >= 11 is 0. The van der Waals surface area contributed by atoms with Crippen LogP contribution in [0.1, 0.15) is 44.2 Å². The number of aryl methyl sites for hydroxylation is 1. The van der Waals surface area contributed by atoms with Crippen LogP contribution in [0.25, 0.3) is 0 Å². The summed E-state index contributed by atoms with van der Waals surface area (Å²) in [5, 5.41) is 8.73. The molecule has 0 saturated heterocycles. The van der Waals surface area contributed by atoms with Crippen LogP contribution < -0.4 is 0 Å². The van der Waals surface area contributed by atoms with E-state index in [-0.39, 0.29) is 0 Å². The standard InChI is InChI=1S/C16H23NO/c1-3-14(13-18-4-2)6-5-7-15-8-10-16(12-17)11-9-15/h8-11,14H,3-7,13H2,1-2H3. The van der Waals surface area contributed by atoms with E-state index in [1.54, 1.807) is 0 Å². The minimum atomic E-state index is 0.684. The Balaban J connectivity index is 2.29. The second-order valence-corrected chi connectivity index (χ2v) is 4.63. The molecule has 1 rings (SSSR count). The summed E-state index contributed by atoms with van der Waals surface area (Å²) in [6.45, 7) is 5.97. The fourth-order valence-corrected chi connectivity index (χ4v) is 2.03. The summed E-state index contributed by atoms with van der Waals surface area (Å²) in [5.74, 6) is 0.684. The normalized spacial score (nSPS) is 12.1. The zero-order chi connectivity index (χ0) is 13.2. The summed E-state index contributed by atoms with van der Waals surface area (Å²) in [6, 6.07) is 10.1. The average molecular weight is 245 g/mol. The lowest BCUT2D eigenvalue weighted by Gasteiger charge is -2.14. The van der Waals surface area contributed by atoms with E-state index in [9.17, 15) is 0 Å². The highest BCUT2D eigenvalue weighted by Gasteiger charge is 2.06. The molecule has 0 radical (unpaired) electrons. The molecule has 98 valence electrons. The number of ether oxygens (including phenoxy) is 1. The molecule has 2 heteroatoms. The van der Waals surface area contributed by atoms with Crippen molar-refractivity contribution < 1.29 is 4.74 Å². The summed E-state index contributed by atoms with van der Waals surface area (Å²) < 4.78 is 5.48. The highest BCUT2D eigenvalue weighted by Crippen LogP contribution is 2.14. The SMILES string of the molecule is CCOCC(CC)CCCc1ccc(C#N)cc1. The summed E-state index contributed by atoms with van der Waals surface area (Å²) in [4.78, 5) is 0. The van der Waals surface area contributed by atoms with Gasteiger partial charge in [0.05, 0.1) is 11.6 Å². The minimum Gasteiger partial charge on any atom is -0.381 e. The number of nitriles is 1. The van der Waals surface area contributed by atoms with Gasteiger partial charge in [-0.05, 0) is 49.8 Å². The molecule has 1 aromatic rings. The molecule has 1 atom stereocenters. The first-order valence-corrected chi connectivity index (χ1v) is 6.86. The van der Waals surface area contributed by atoms with Gasteiger partial charge in [-0.2, -0.15) is 5.26 Å². The molecule has 0 saturated carbocycles. The lowest BCUT2D eigenvalue weighted by Crippen LogP contribution is -2.09. The van der Waals surface area contributed by atoms with Crippen molar-refractivity contribution >= 4 is 0 Å². The average Bonchev–Trinajstić information content (AvgIpc) is 2.43. The van der Waals surface area contributed by atoms with E-state index in [1.165, 1.54) is 24.8 Å². The van der Waals surface area contributed by atoms with E-state index in [1.807, 2.05) is 19.1 Å². The molecule has 2 nitrogen and oxygen atoms in total. The highest BCUT2D eigenvalue weighted by atomic mass is 16.5. The van der Waals surface area contributed by atoms with Crippen molar-refractivity contribution in [1.82, 2.24) is 0 Å². The quantitative estimate of drug-likeness (QED) is 0.695. The molecule has 0 aromatic heterocycles. The van der Waals surface area contributed by atoms with Crippen molar-refractivity contribution in [2.24, 2.45) is 5.92 Å². The number of rotatable bonds is 8. The van der Waals surface area contributed by atoms with Gasteiger partial charge in [0.25, 0.3) is 0 Å². The Morgan fingerprint density at radius 3 is 2.50 bits per heavy atom. The Morgan fingerprint density at radius 1 is 1.22 bits per heavy atom. The summed E-state index contributed by atoms with van der Waals surface area (Å²) in [6.07, 6.45) is 4.69. The van der Waals surface area contributed by atoms with Crippen molar-refractivity contribution in [3.8, 4) is 6.07 Å². The topological polar surface area (TPSA) is 33.0 Å². The molecule has 0 amide bonds. The zero-order valence-corrected chi connectivity index (χ0v) is 11.5. The second kappa shape index (κ2) is 8.72. The molecule has 0 heterocycles. The maximum atomic E-state index is 8.73. The van der Waals surface area contributed by atoms with Crippen LogP contribution in [-0.4, -0.2) is 13.2 Å². The summed E-state index contributed by atoms with van der Waals surface area (Å²) in [7, 11) is 0. The molecule has 0 spiro atoms. The Kier molecular flexibility index (Phi) is 7.13. The van der Waals surface area contributed by atoms with E-state index in [2.05, 4.69) is 25.1 Å². The molecule has 0 aliphatic carbocycles. The molecule has 1 aromatic carbocycles. The molecule has 0 fully saturated rings. The van der Waals surface area contributed by atoms with Gasteiger partial charge in [-0.3, -0.25) is 0 Å². The molecular weight excluding hydrogens is 222 g/mol.